The Kier molecular flexibility index (Phi) is 4.14. The van der Waals surface area contributed by atoms with E-state index in [1.165, 1.54) is 25.3 Å². The van der Waals surface area contributed by atoms with Gasteiger partial charge in [-0.1, -0.05) is 0 Å². The fourth-order valence-corrected chi connectivity index (χ4v) is 2.43. The molecule has 1 rings (SSSR count). The molecule has 6 heteroatoms. The number of benzene rings is 1. The molecule has 1 aromatic carbocycles. The van der Waals surface area contributed by atoms with Crippen LogP contribution < -0.4 is 10.5 Å². The molecule has 0 aromatic heterocycles. The first-order valence-electron chi connectivity index (χ1n) is 4.75. The Morgan fingerprint density at radius 1 is 1.38 bits per heavy atom. The van der Waals surface area contributed by atoms with Gasteiger partial charge in [-0.15, -0.1) is 0 Å². The largest absolute Gasteiger partial charge is 0.495 e. The third-order valence-electron chi connectivity index (χ3n) is 1.97. The van der Waals surface area contributed by atoms with Crippen molar-refractivity contribution in [2.45, 2.75) is 11.8 Å². The fourth-order valence-electron chi connectivity index (χ4n) is 1.20. The average Bonchev–Trinajstić information content (AvgIpc) is 2.26. The van der Waals surface area contributed by atoms with E-state index in [0.717, 1.165) is 0 Å². The molecule has 1 aromatic rings. The van der Waals surface area contributed by atoms with Crippen molar-refractivity contribution >= 4 is 15.5 Å². The van der Waals surface area contributed by atoms with Gasteiger partial charge in [0.25, 0.3) is 0 Å². The number of hydrogen-bond donors (Lipinski definition) is 1. The zero-order valence-corrected chi connectivity index (χ0v) is 10.1. The van der Waals surface area contributed by atoms with Crippen molar-refractivity contribution < 1.29 is 17.9 Å². The van der Waals surface area contributed by atoms with Gasteiger partial charge < -0.3 is 15.2 Å². The van der Waals surface area contributed by atoms with E-state index in [2.05, 4.69) is 0 Å². The molecule has 0 unspecified atom stereocenters. The lowest BCUT2D eigenvalue weighted by Gasteiger charge is -2.09. The fraction of sp³-hybridized carbons (Fsp3) is 0.400. The third-order valence-corrected chi connectivity index (χ3v) is 3.45. The number of rotatable bonds is 5. The van der Waals surface area contributed by atoms with E-state index in [1.54, 1.807) is 6.92 Å². The second-order valence-electron chi connectivity index (χ2n) is 3.14. The zero-order chi connectivity index (χ0) is 12.2. The standard InChI is InChI=1S/C10H15NO4S/c1-3-15-7-16(12,13)10-5-4-8(11)6-9(10)14-2/h4-6H,3,7,11H2,1-2H3. The molecule has 0 aliphatic heterocycles. The smallest absolute Gasteiger partial charge is 0.205 e. The van der Waals surface area contributed by atoms with Crippen LogP contribution in [0, 0.1) is 0 Å². The molecule has 16 heavy (non-hydrogen) atoms. The molecule has 0 atom stereocenters. The average molecular weight is 245 g/mol. The van der Waals surface area contributed by atoms with Gasteiger partial charge in [-0.3, -0.25) is 0 Å². The summed E-state index contributed by atoms with van der Waals surface area (Å²) in [6, 6.07) is 4.41. The van der Waals surface area contributed by atoms with Crippen LogP contribution in [0.3, 0.4) is 0 Å². The van der Waals surface area contributed by atoms with Gasteiger partial charge in [-0.25, -0.2) is 8.42 Å². The van der Waals surface area contributed by atoms with Crippen molar-refractivity contribution in [3.63, 3.8) is 0 Å². The van der Waals surface area contributed by atoms with E-state index in [9.17, 15) is 8.42 Å². The molecule has 5 nitrogen and oxygen atoms in total. The van der Waals surface area contributed by atoms with Gasteiger partial charge >= 0.3 is 0 Å². The quantitative estimate of drug-likeness (QED) is 0.784. The van der Waals surface area contributed by atoms with Crippen molar-refractivity contribution in [1.29, 1.82) is 0 Å². The van der Waals surface area contributed by atoms with Crippen LogP contribution in [0.2, 0.25) is 0 Å². The van der Waals surface area contributed by atoms with Crippen LogP contribution >= 0.6 is 0 Å². The van der Waals surface area contributed by atoms with E-state index in [1.807, 2.05) is 0 Å². The van der Waals surface area contributed by atoms with Gasteiger partial charge in [-0.05, 0) is 19.1 Å². The number of ether oxygens (including phenoxy) is 2. The van der Waals surface area contributed by atoms with E-state index >= 15 is 0 Å². The maximum absolute atomic E-state index is 11.8. The first kappa shape index (κ1) is 12.8. The number of sulfone groups is 1. The monoisotopic (exact) mass is 245 g/mol. The highest BCUT2D eigenvalue weighted by molar-refractivity contribution is 7.91. The van der Waals surface area contributed by atoms with Crippen molar-refractivity contribution in [1.82, 2.24) is 0 Å². The predicted molar refractivity (Wildman–Crippen MR) is 61.1 cm³/mol. The molecule has 0 aliphatic carbocycles. The molecular weight excluding hydrogens is 230 g/mol. The lowest BCUT2D eigenvalue weighted by atomic mass is 10.3. The molecule has 0 fully saturated rings. The number of methoxy groups -OCH3 is 1. The van der Waals surface area contributed by atoms with E-state index < -0.39 is 9.84 Å². The molecule has 0 saturated carbocycles. The Labute approximate surface area is 95.1 Å². The lowest BCUT2D eigenvalue weighted by Crippen LogP contribution is -2.11. The number of anilines is 1. The maximum Gasteiger partial charge on any atom is 0.205 e. The summed E-state index contributed by atoms with van der Waals surface area (Å²) >= 11 is 0. The minimum atomic E-state index is -3.48. The van der Waals surface area contributed by atoms with Crippen molar-refractivity contribution in [2.75, 3.05) is 25.4 Å². The van der Waals surface area contributed by atoms with Crippen molar-refractivity contribution in [3.8, 4) is 5.75 Å². The van der Waals surface area contributed by atoms with Crippen LogP contribution in [-0.4, -0.2) is 28.1 Å². The van der Waals surface area contributed by atoms with Crippen LogP contribution in [0.25, 0.3) is 0 Å². The third kappa shape index (κ3) is 2.86. The maximum atomic E-state index is 11.8. The second kappa shape index (κ2) is 5.18. The van der Waals surface area contributed by atoms with Crippen LogP contribution in [0.5, 0.6) is 5.75 Å². The molecule has 0 saturated heterocycles. The zero-order valence-electron chi connectivity index (χ0n) is 9.26. The summed E-state index contributed by atoms with van der Waals surface area (Å²) in [5.41, 5.74) is 5.99. The Hall–Kier alpha value is -1.27. The molecule has 0 radical (unpaired) electrons. The summed E-state index contributed by atoms with van der Waals surface area (Å²) < 4.78 is 33.6. The molecule has 2 N–H and O–H groups in total. The Bertz CT molecular complexity index is 456. The molecule has 0 bridgehead atoms. The van der Waals surface area contributed by atoms with Gasteiger partial charge in [0.05, 0.1) is 7.11 Å². The van der Waals surface area contributed by atoms with Gasteiger partial charge in [0.15, 0.2) is 5.94 Å². The first-order valence-corrected chi connectivity index (χ1v) is 6.40. The molecule has 0 heterocycles. The SMILES string of the molecule is CCOCS(=O)(=O)c1ccc(N)cc1OC. The van der Waals surface area contributed by atoms with Gasteiger partial charge in [0.2, 0.25) is 9.84 Å². The second-order valence-corrected chi connectivity index (χ2v) is 5.04. The summed E-state index contributed by atoms with van der Waals surface area (Å²) in [4.78, 5) is 0.0950. The van der Waals surface area contributed by atoms with Gasteiger partial charge in [0.1, 0.15) is 10.6 Å². The minimum absolute atomic E-state index is 0.0950. The highest BCUT2D eigenvalue weighted by atomic mass is 32.2. The predicted octanol–water partition coefficient (Wildman–Crippen LogP) is 1.05. The molecule has 0 spiro atoms. The minimum Gasteiger partial charge on any atom is -0.495 e. The van der Waals surface area contributed by atoms with Crippen molar-refractivity contribution in [3.05, 3.63) is 18.2 Å². The highest BCUT2D eigenvalue weighted by Gasteiger charge is 2.19. The summed E-state index contributed by atoms with van der Waals surface area (Å²) in [7, 11) is -2.09. The number of hydrogen-bond acceptors (Lipinski definition) is 5. The summed E-state index contributed by atoms with van der Waals surface area (Å²) in [6.45, 7) is 2.08. The Balaban J connectivity index is 3.12. The Morgan fingerprint density at radius 2 is 2.06 bits per heavy atom. The number of nitrogen functional groups attached to an aromatic ring is 1. The molecule has 90 valence electrons. The van der Waals surface area contributed by atoms with Gasteiger partial charge in [-0.2, -0.15) is 0 Å². The topological polar surface area (TPSA) is 78.6 Å². The van der Waals surface area contributed by atoms with E-state index in [0.29, 0.717) is 12.3 Å². The van der Waals surface area contributed by atoms with Crippen LogP contribution in [-0.2, 0) is 14.6 Å². The molecule has 0 amide bonds. The van der Waals surface area contributed by atoms with Gasteiger partial charge in [0, 0.05) is 18.4 Å². The van der Waals surface area contributed by atoms with E-state index in [4.69, 9.17) is 15.2 Å². The highest BCUT2D eigenvalue weighted by Crippen LogP contribution is 2.26. The van der Waals surface area contributed by atoms with Crippen LogP contribution in [0.15, 0.2) is 23.1 Å². The number of nitrogens with two attached hydrogens (primary N) is 1. The summed E-state index contributed by atoms with van der Waals surface area (Å²) in [5.74, 6) is -0.122. The first-order chi connectivity index (χ1) is 7.51. The molecule has 0 aliphatic rings. The van der Waals surface area contributed by atoms with Crippen LogP contribution in [0.4, 0.5) is 5.69 Å². The summed E-state index contributed by atoms with van der Waals surface area (Å²) in [5, 5.41) is 0. The Morgan fingerprint density at radius 3 is 2.62 bits per heavy atom. The summed E-state index contributed by atoms with van der Waals surface area (Å²) in [6.07, 6.45) is 0. The normalized spacial score (nSPS) is 11.4. The van der Waals surface area contributed by atoms with Crippen molar-refractivity contribution in [2.24, 2.45) is 0 Å². The lowest BCUT2D eigenvalue weighted by molar-refractivity contribution is 0.192. The van der Waals surface area contributed by atoms with Crippen LogP contribution in [0.1, 0.15) is 6.92 Å². The molecular formula is C10H15NO4S. The van der Waals surface area contributed by atoms with E-state index in [-0.39, 0.29) is 16.6 Å².